The quantitative estimate of drug-likeness (QED) is 0.297. The molecule has 10 heteroatoms. The van der Waals surface area contributed by atoms with Gasteiger partial charge in [0.15, 0.2) is 0 Å². The van der Waals surface area contributed by atoms with Crippen LogP contribution in [0.5, 0.6) is 0 Å². The molecule has 1 rings (SSSR count). The highest BCUT2D eigenvalue weighted by Crippen LogP contribution is 2.26. The maximum Gasteiger partial charge on any atom is 0.408 e. The Morgan fingerprint density at radius 3 is 2.23 bits per heavy atom. The number of esters is 1. The zero-order valence-corrected chi connectivity index (χ0v) is 25.7. The summed E-state index contributed by atoms with van der Waals surface area (Å²) in [4.78, 5) is 53.8. The van der Waals surface area contributed by atoms with Crippen LogP contribution in [0.15, 0.2) is 18.2 Å². The lowest BCUT2D eigenvalue weighted by Crippen LogP contribution is -2.53. The van der Waals surface area contributed by atoms with Gasteiger partial charge in [0.25, 0.3) is 0 Å². The van der Waals surface area contributed by atoms with Crippen molar-refractivity contribution in [3.8, 4) is 0 Å². The fourth-order valence-corrected chi connectivity index (χ4v) is 4.57. The van der Waals surface area contributed by atoms with E-state index in [1.165, 1.54) is 0 Å². The van der Waals surface area contributed by atoms with E-state index in [0.29, 0.717) is 30.7 Å². The summed E-state index contributed by atoms with van der Waals surface area (Å²) in [6, 6.07) is 3.98. The van der Waals surface area contributed by atoms with Gasteiger partial charge in [0.1, 0.15) is 17.7 Å². The average molecular weight is 566 g/mol. The van der Waals surface area contributed by atoms with Gasteiger partial charge in [-0.05, 0) is 72.0 Å². The smallest absolute Gasteiger partial charge is 0.408 e. The third-order valence-corrected chi connectivity index (χ3v) is 6.33. The van der Waals surface area contributed by atoms with Gasteiger partial charge in [0.2, 0.25) is 11.8 Å². The molecule has 0 spiro atoms. The van der Waals surface area contributed by atoms with E-state index >= 15 is 0 Å². The second-order valence-electron chi connectivity index (χ2n) is 10.5. The number of nitrogens with one attached hydrogen (secondary N) is 2. The Bertz CT molecular complexity index is 943. The molecule has 0 radical (unpaired) electrons. The third kappa shape index (κ3) is 12.8. The molecular formula is C29H47N3O6S. The maximum absolute atomic E-state index is 14.1. The van der Waals surface area contributed by atoms with E-state index in [2.05, 4.69) is 10.6 Å². The van der Waals surface area contributed by atoms with Gasteiger partial charge in [-0.3, -0.25) is 14.4 Å². The van der Waals surface area contributed by atoms with E-state index < -0.39 is 35.7 Å². The van der Waals surface area contributed by atoms with Gasteiger partial charge in [-0.15, -0.1) is 0 Å². The first-order valence-corrected chi connectivity index (χ1v) is 15.0. The Labute approximate surface area is 238 Å². The minimum Gasteiger partial charge on any atom is -0.466 e. The van der Waals surface area contributed by atoms with Crippen LogP contribution in [-0.4, -0.2) is 72.1 Å². The lowest BCUT2D eigenvalue weighted by molar-refractivity contribution is -0.144. The van der Waals surface area contributed by atoms with Crippen LogP contribution in [0.3, 0.4) is 0 Å². The molecule has 2 N–H and O–H groups in total. The van der Waals surface area contributed by atoms with Crippen molar-refractivity contribution >= 4 is 35.6 Å². The normalized spacial score (nSPS) is 12.7. The summed E-state index contributed by atoms with van der Waals surface area (Å²) in [7, 11) is 0. The molecule has 1 aromatic rings. The highest BCUT2D eigenvalue weighted by molar-refractivity contribution is 7.98. The summed E-state index contributed by atoms with van der Waals surface area (Å²) in [6.07, 6.45) is 3.14. The molecule has 0 aromatic heterocycles. The molecule has 0 heterocycles. The number of carbonyl (C=O) groups excluding carboxylic acids is 4. The SMILES string of the molecule is CCCCN(C(=O)C(CCSC)NC(=O)OC(C)(C)C)C(C(=O)NCCC(=O)OCC)c1cc(C)cc(C)c1. The Kier molecular flexibility index (Phi) is 15.0. The first-order valence-electron chi connectivity index (χ1n) is 13.6. The first kappa shape index (κ1) is 34.3. The Morgan fingerprint density at radius 1 is 1.05 bits per heavy atom. The molecule has 3 amide bonds. The first-order chi connectivity index (χ1) is 18.3. The molecule has 9 nitrogen and oxygen atoms in total. The van der Waals surface area contributed by atoms with Gasteiger partial charge in [-0.1, -0.05) is 42.7 Å². The van der Waals surface area contributed by atoms with Crippen molar-refractivity contribution in [3.05, 3.63) is 34.9 Å². The van der Waals surface area contributed by atoms with Crippen LogP contribution >= 0.6 is 11.8 Å². The van der Waals surface area contributed by atoms with E-state index in [1.54, 1.807) is 44.4 Å². The van der Waals surface area contributed by atoms with Crippen LogP contribution in [0.4, 0.5) is 4.79 Å². The Morgan fingerprint density at radius 2 is 1.69 bits per heavy atom. The molecule has 220 valence electrons. The molecule has 0 bridgehead atoms. The number of benzene rings is 1. The molecule has 0 saturated carbocycles. The number of unbranched alkanes of at least 4 members (excludes halogenated alkanes) is 1. The molecule has 0 aliphatic carbocycles. The molecular weight excluding hydrogens is 518 g/mol. The largest absolute Gasteiger partial charge is 0.466 e. The molecule has 39 heavy (non-hydrogen) atoms. The molecule has 0 fully saturated rings. The number of thioether (sulfide) groups is 1. The van der Waals surface area contributed by atoms with Gasteiger partial charge in [0, 0.05) is 13.1 Å². The van der Waals surface area contributed by atoms with Gasteiger partial charge in [0.05, 0.1) is 13.0 Å². The topological polar surface area (TPSA) is 114 Å². The molecule has 2 atom stereocenters. The number of ether oxygens (including phenoxy) is 2. The molecule has 0 aliphatic heterocycles. The van der Waals surface area contributed by atoms with Gasteiger partial charge in [-0.2, -0.15) is 11.8 Å². The van der Waals surface area contributed by atoms with Crippen LogP contribution in [0, 0.1) is 13.8 Å². The van der Waals surface area contributed by atoms with Crippen molar-refractivity contribution in [2.75, 3.05) is 31.7 Å². The maximum atomic E-state index is 14.1. The van der Waals surface area contributed by atoms with Crippen LogP contribution < -0.4 is 10.6 Å². The lowest BCUT2D eigenvalue weighted by atomic mass is 9.98. The second kappa shape index (κ2) is 17.0. The molecule has 1 aromatic carbocycles. The van der Waals surface area contributed by atoms with Crippen molar-refractivity contribution in [2.24, 2.45) is 0 Å². The number of rotatable bonds is 15. The average Bonchev–Trinajstić information content (AvgIpc) is 2.82. The third-order valence-electron chi connectivity index (χ3n) is 5.69. The van der Waals surface area contributed by atoms with Crippen molar-refractivity contribution in [1.29, 1.82) is 0 Å². The number of nitrogens with zero attached hydrogens (tertiary/aromatic N) is 1. The van der Waals surface area contributed by atoms with E-state index in [4.69, 9.17) is 9.47 Å². The van der Waals surface area contributed by atoms with E-state index in [0.717, 1.165) is 17.5 Å². The zero-order valence-electron chi connectivity index (χ0n) is 24.8. The molecule has 0 saturated heterocycles. The van der Waals surface area contributed by atoms with E-state index in [-0.39, 0.29) is 25.5 Å². The summed E-state index contributed by atoms with van der Waals surface area (Å²) in [6.45, 7) is 13.6. The van der Waals surface area contributed by atoms with Gasteiger partial charge in [-0.25, -0.2) is 4.79 Å². The number of carbonyl (C=O) groups is 4. The van der Waals surface area contributed by atoms with Crippen molar-refractivity contribution in [2.45, 2.75) is 91.8 Å². The number of alkyl carbamates (subject to hydrolysis) is 1. The summed E-state index contributed by atoms with van der Waals surface area (Å²) >= 11 is 1.56. The minimum atomic E-state index is -0.943. The number of aryl methyl sites for hydroxylation is 2. The van der Waals surface area contributed by atoms with E-state index in [1.807, 2.05) is 45.2 Å². The number of hydrogen-bond donors (Lipinski definition) is 2. The zero-order chi connectivity index (χ0) is 29.6. The molecule has 0 aliphatic rings. The van der Waals surface area contributed by atoms with Crippen molar-refractivity contribution in [3.63, 3.8) is 0 Å². The summed E-state index contributed by atoms with van der Waals surface area (Å²) in [5, 5.41) is 5.57. The van der Waals surface area contributed by atoms with Crippen LogP contribution in [0.1, 0.15) is 83.0 Å². The van der Waals surface area contributed by atoms with Crippen LogP contribution in [-0.2, 0) is 23.9 Å². The monoisotopic (exact) mass is 565 g/mol. The summed E-state index contributed by atoms with van der Waals surface area (Å²) in [5.41, 5.74) is 1.87. The highest BCUT2D eigenvalue weighted by atomic mass is 32.2. The van der Waals surface area contributed by atoms with E-state index in [9.17, 15) is 19.2 Å². The van der Waals surface area contributed by atoms with Crippen molar-refractivity contribution < 1.29 is 28.7 Å². The number of amides is 3. The fraction of sp³-hybridized carbons (Fsp3) is 0.655. The second-order valence-corrected chi connectivity index (χ2v) is 11.5. The molecule has 2 unspecified atom stereocenters. The lowest BCUT2D eigenvalue weighted by Gasteiger charge is -2.35. The minimum absolute atomic E-state index is 0.0264. The Balaban J connectivity index is 3.44. The van der Waals surface area contributed by atoms with Crippen LogP contribution in [0.25, 0.3) is 0 Å². The Hall–Kier alpha value is -2.75. The summed E-state index contributed by atoms with van der Waals surface area (Å²) < 4.78 is 10.4. The summed E-state index contributed by atoms with van der Waals surface area (Å²) in [5.74, 6) is -0.519. The standard InChI is InChI=1S/C29H47N3O6S/c1-9-11-15-32(27(35)23(13-16-39-8)31-28(36)38-29(5,6)7)25(22-18-20(3)17-21(4)19-22)26(34)30-14-12-24(33)37-10-2/h17-19,23,25H,9-16H2,1-8H3,(H,30,34)(H,31,36). The predicted octanol–water partition coefficient (Wildman–Crippen LogP) is 4.69. The number of hydrogen-bond acceptors (Lipinski definition) is 7. The van der Waals surface area contributed by atoms with Crippen LogP contribution in [0.2, 0.25) is 0 Å². The fourth-order valence-electron chi connectivity index (χ4n) is 4.10. The van der Waals surface area contributed by atoms with Gasteiger partial charge >= 0.3 is 12.1 Å². The van der Waals surface area contributed by atoms with Gasteiger partial charge < -0.3 is 25.0 Å². The highest BCUT2D eigenvalue weighted by Gasteiger charge is 2.36. The van der Waals surface area contributed by atoms with Crippen molar-refractivity contribution in [1.82, 2.24) is 15.5 Å². The predicted molar refractivity (Wildman–Crippen MR) is 156 cm³/mol.